The van der Waals surface area contributed by atoms with Crippen LogP contribution in [0.2, 0.25) is 0 Å². The molecule has 0 fully saturated rings. The summed E-state index contributed by atoms with van der Waals surface area (Å²) in [6.07, 6.45) is -0.283. The predicted octanol–water partition coefficient (Wildman–Crippen LogP) is 4.26. The summed E-state index contributed by atoms with van der Waals surface area (Å²) in [5.41, 5.74) is 4.15. The van der Waals surface area contributed by atoms with E-state index in [1.165, 1.54) is 0 Å². The third-order valence-electron chi connectivity index (χ3n) is 4.48. The second-order valence-electron chi connectivity index (χ2n) is 6.49. The molecule has 0 atom stereocenters. The van der Waals surface area contributed by atoms with Crippen LogP contribution in [0.1, 0.15) is 28.4 Å². The molecule has 0 saturated carbocycles. The zero-order valence-electron chi connectivity index (χ0n) is 16.0. The largest absolute Gasteiger partial charge is 0.380 e. The lowest BCUT2D eigenvalue weighted by molar-refractivity contribution is -0.127. The van der Waals surface area contributed by atoms with Gasteiger partial charge in [-0.1, -0.05) is 84.9 Å². The van der Waals surface area contributed by atoms with E-state index in [9.17, 15) is 4.79 Å². The van der Waals surface area contributed by atoms with E-state index >= 15 is 0 Å². The highest BCUT2D eigenvalue weighted by Crippen LogP contribution is 2.25. The number of rotatable bonds is 9. The summed E-state index contributed by atoms with van der Waals surface area (Å²) in [5, 5.41) is 2.94. The molecule has 0 spiro atoms. The van der Waals surface area contributed by atoms with Gasteiger partial charge in [0.25, 0.3) is 0 Å². The summed E-state index contributed by atoms with van der Waals surface area (Å²) in [6.45, 7) is 0.955. The van der Waals surface area contributed by atoms with Crippen molar-refractivity contribution in [2.24, 2.45) is 0 Å². The Bertz CT molecular complexity index is 826. The Kier molecular flexibility index (Phi) is 7.36. The highest BCUT2D eigenvalue weighted by Gasteiger charge is 2.16. The molecule has 0 aliphatic carbocycles. The Balaban J connectivity index is 1.61. The van der Waals surface area contributed by atoms with E-state index in [4.69, 9.17) is 9.47 Å². The van der Waals surface area contributed by atoms with E-state index in [0.29, 0.717) is 13.2 Å². The Morgan fingerprint density at radius 2 is 1.36 bits per heavy atom. The molecule has 0 aliphatic rings. The highest BCUT2D eigenvalue weighted by atomic mass is 16.5. The first-order chi connectivity index (χ1) is 13.8. The van der Waals surface area contributed by atoms with Crippen LogP contribution in [0.25, 0.3) is 0 Å². The van der Waals surface area contributed by atoms with E-state index in [1.807, 2.05) is 84.9 Å². The number of benzene rings is 3. The second-order valence-corrected chi connectivity index (χ2v) is 6.49. The molecule has 3 rings (SSSR count). The molecule has 1 amide bonds. The first kappa shape index (κ1) is 19.8. The number of hydrogen-bond donors (Lipinski definition) is 1. The summed E-state index contributed by atoms with van der Waals surface area (Å²) in [7, 11) is 1.66. The van der Waals surface area contributed by atoms with Gasteiger partial charge in [-0.15, -0.1) is 0 Å². The summed E-state index contributed by atoms with van der Waals surface area (Å²) in [5.74, 6) is -0.149. The van der Waals surface area contributed by atoms with Crippen LogP contribution < -0.4 is 5.32 Å². The number of hydrogen-bond acceptors (Lipinski definition) is 3. The lowest BCUT2D eigenvalue weighted by atomic mass is 10.0. The highest BCUT2D eigenvalue weighted by molar-refractivity contribution is 5.77. The van der Waals surface area contributed by atoms with Crippen molar-refractivity contribution >= 4 is 5.91 Å². The quantitative estimate of drug-likeness (QED) is 0.608. The predicted molar refractivity (Wildman–Crippen MR) is 110 cm³/mol. The zero-order chi connectivity index (χ0) is 19.6. The molecule has 144 valence electrons. The van der Waals surface area contributed by atoms with E-state index in [2.05, 4.69) is 5.32 Å². The number of carbonyl (C=O) groups excluding carboxylic acids is 1. The van der Waals surface area contributed by atoms with Crippen molar-refractivity contribution in [1.29, 1.82) is 0 Å². The fourth-order valence-corrected chi connectivity index (χ4v) is 3.07. The molecule has 1 N–H and O–H groups in total. The van der Waals surface area contributed by atoms with Crippen LogP contribution in [0, 0.1) is 0 Å². The minimum absolute atomic E-state index is 0.0130. The van der Waals surface area contributed by atoms with E-state index < -0.39 is 0 Å². The van der Waals surface area contributed by atoms with Crippen LogP contribution in [0.4, 0.5) is 0 Å². The summed E-state index contributed by atoms with van der Waals surface area (Å²) in [6, 6.07) is 27.8. The maximum absolute atomic E-state index is 12.4. The van der Waals surface area contributed by atoms with Crippen molar-refractivity contribution in [1.82, 2.24) is 5.32 Å². The SMILES string of the molecule is COCc1ccccc1CNC(=O)COC(c1ccccc1)c1ccccc1. The third kappa shape index (κ3) is 5.52. The maximum Gasteiger partial charge on any atom is 0.246 e. The molecule has 0 bridgehead atoms. The van der Waals surface area contributed by atoms with Crippen LogP contribution in [0.15, 0.2) is 84.9 Å². The zero-order valence-corrected chi connectivity index (χ0v) is 16.0. The second kappa shape index (κ2) is 10.4. The molecule has 0 aliphatic heterocycles. The lowest BCUT2D eigenvalue weighted by Gasteiger charge is -2.19. The van der Waals surface area contributed by atoms with Gasteiger partial charge >= 0.3 is 0 Å². The number of nitrogens with one attached hydrogen (secondary N) is 1. The third-order valence-corrected chi connectivity index (χ3v) is 4.48. The van der Waals surface area contributed by atoms with Crippen molar-refractivity contribution in [3.05, 3.63) is 107 Å². The topological polar surface area (TPSA) is 47.6 Å². The summed E-state index contributed by atoms with van der Waals surface area (Å²) >= 11 is 0. The smallest absolute Gasteiger partial charge is 0.246 e. The van der Waals surface area contributed by atoms with Crippen molar-refractivity contribution in [3.63, 3.8) is 0 Å². The first-order valence-corrected chi connectivity index (χ1v) is 9.32. The van der Waals surface area contributed by atoms with Gasteiger partial charge in [0.15, 0.2) is 0 Å². The summed E-state index contributed by atoms with van der Waals surface area (Å²) < 4.78 is 11.2. The van der Waals surface area contributed by atoms with Gasteiger partial charge in [-0.05, 0) is 22.3 Å². The van der Waals surface area contributed by atoms with Gasteiger partial charge in [-0.3, -0.25) is 4.79 Å². The van der Waals surface area contributed by atoms with Crippen molar-refractivity contribution in [3.8, 4) is 0 Å². The van der Waals surface area contributed by atoms with E-state index in [-0.39, 0.29) is 18.6 Å². The molecule has 3 aromatic carbocycles. The lowest BCUT2D eigenvalue weighted by Crippen LogP contribution is -2.28. The van der Waals surface area contributed by atoms with Crippen molar-refractivity contribution < 1.29 is 14.3 Å². The minimum Gasteiger partial charge on any atom is -0.380 e. The van der Waals surface area contributed by atoms with Gasteiger partial charge in [0, 0.05) is 13.7 Å². The van der Waals surface area contributed by atoms with Gasteiger partial charge in [0.05, 0.1) is 6.61 Å². The van der Waals surface area contributed by atoms with Crippen LogP contribution in [-0.4, -0.2) is 19.6 Å². The minimum atomic E-state index is -0.283. The van der Waals surface area contributed by atoms with Gasteiger partial charge < -0.3 is 14.8 Å². The Morgan fingerprint density at radius 3 is 1.93 bits per heavy atom. The molecule has 4 heteroatoms. The molecule has 0 radical (unpaired) electrons. The molecule has 0 heterocycles. The monoisotopic (exact) mass is 375 g/mol. The van der Waals surface area contributed by atoms with Crippen molar-refractivity contribution in [2.45, 2.75) is 19.3 Å². The van der Waals surface area contributed by atoms with Gasteiger partial charge in [0.1, 0.15) is 12.7 Å². The number of carbonyl (C=O) groups is 1. The normalized spacial score (nSPS) is 10.8. The molecular formula is C24H25NO3. The number of ether oxygens (including phenoxy) is 2. The van der Waals surface area contributed by atoms with Gasteiger partial charge in [0.2, 0.25) is 5.91 Å². The average molecular weight is 375 g/mol. The standard InChI is InChI=1S/C24H25NO3/c1-27-17-22-15-9-8-14-21(22)16-25-23(26)18-28-24(19-10-4-2-5-11-19)20-12-6-3-7-13-20/h2-15,24H,16-18H2,1H3,(H,25,26). The summed E-state index contributed by atoms with van der Waals surface area (Å²) in [4.78, 5) is 12.4. The molecule has 3 aromatic rings. The fraction of sp³-hybridized carbons (Fsp3) is 0.208. The van der Waals surface area contributed by atoms with Crippen molar-refractivity contribution in [2.75, 3.05) is 13.7 Å². The molecule has 0 aromatic heterocycles. The Morgan fingerprint density at radius 1 is 0.821 bits per heavy atom. The molecule has 0 saturated heterocycles. The van der Waals surface area contributed by atoms with Crippen LogP contribution in [0.5, 0.6) is 0 Å². The Labute approximate surface area is 166 Å². The molecular weight excluding hydrogens is 350 g/mol. The van der Waals surface area contributed by atoms with E-state index in [0.717, 1.165) is 22.3 Å². The van der Waals surface area contributed by atoms with E-state index in [1.54, 1.807) is 7.11 Å². The van der Waals surface area contributed by atoms with Gasteiger partial charge in [-0.2, -0.15) is 0 Å². The van der Waals surface area contributed by atoms with Crippen LogP contribution in [-0.2, 0) is 27.4 Å². The van der Waals surface area contributed by atoms with Gasteiger partial charge in [-0.25, -0.2) is 0 Å². The maximum atomic E-state index is 12.4. The van der Waals surface area contributed by atoms with Crippen LogP contribution >= 0.6 is 0 Å². The van der Waals surface area contributed by atoms with Crippen LogP contribution in [0.3, 0.4) is 0 Å². The molecule has 4 nitrogen and oxygen atoms in total. The average Bonchev–Trinajstić information content (AvgIpc) is 2.75. The number of methoxy groups -OCH3 is 1. The Hall–Kier alpha value is -2.95. The number of amides is 1. The fourth-order valence-electron chi connectivity index (χ4n) is 3.07. The first-order valence-electron chi connectivity index (χ1n) is 9.32. The molecule has 28 heavy (non-hydrogen) atoms. The molecule has 0 unspecified atom stereocenters.